The topological polar surface area (TPSA) is 21.3 Å². The molecule has 0 aliphatic carbocycles. The van der Waals surface area contributed by atoms with Gasteiger partial charge in [-0.15, -0.1) is 6.58 Å². The summed E-state index contributed by atoms with van der Waals surface area (Å²) < 4.78 is 5.88. The van der Waals surface area contributed by atoms with Gasteiger partial charge in [-0.2, -0.15) is 0 Å². The molecule has 1 aromatic carbocycles. The lowest BCUT2D eigenvalue weighted by atomic mass is 10.2. The Morgan fingerprint density at radius 2 is 2.15 bits per heavy atom. The summed E-state index contributed by atoms with van der Waals surface area (Å²) in [5, 5.41) is 4.15. The van der Waals surface area contributed by atoms with Gasteiger partial charge in [-0.3, -0.25) is 0 Å². The third-order valence-corrected chi connectivity index (χ3v) is 3.31. The largest absolute Gasteiger partial charge is 0.493 e. The summed E-state index contributed by atoms with van der Waals surface area (Å²) in [4.78, 5) is 0. The highest BCUT2D eigenvalue weighted by molar-refractivity contribution is 6.30. The van der Waals surface area contributed by atoms with Crippen molar-refractivity contribution < 1.29 is 4.74 Å². The molecule has 1 aromatic rings. The van der Waals surface area contributed by atoms with E-state index in [9.17, 15) is 0 Å². The molecule has 112 valence electrons. The van der Waals surface area contributed by atoms with E-state index < -0.39 is 0 Å². The molecule has 0 radical (unpaired) electrons. The van der Waals surface area contributed by atoms with Crippen LogP contribution in [0.2, 0.25) is 5.02 Å². The molecule has 3 heteroatoms. The third-order valence-electron chi connectivity index (χ3n) is 3.07. The maximum absolute atomic E-state index is 6.06. The molecule has 0 spiro atoms. The number of hydrogen-bond acceptors (Lipinski definition) is 2. The molecule has 0 aromatic heterocycles. The van der Waals surface area contributed by atoms with Crippen LogP contribution in [-0.4, -0.2) is 13.2 Å². The Morgan fingerprint density at radius 3 is 2.90 bits per heavy atom. The lowest BCUT2D eigenvalue weighted by Gasteiger charge is -2.12. The van der Waals surface area contributed by atoms with Crippen molar-refractivity contribution in [3.63, 3.8) is 0 Å². The lowest BCUT2D eigenvalue weighted by molar-refractivity contribution is 0.302. The number of allylic oxidation sites excluding steroid dienone is 1. The molecule has 0 bridgehead atoms. The minimum absolute atomic E-state index is 0.761. The van der Waals surface area contributed by atoms with Gasteiger partial charge < -0.3 is 10.1 Å². The molecule has 0 fully saturated rings. The Hall–Kier alpha value is -0.990. The van der Waals surface area contributed by atoms with E-state index in [4.69, 9.17) is 16.3 Å². The van der Waals surface area contributed by atoms with Gasteiger partial charge in [-0.05, 0) is 56.8 Å². The van der Waals surface area contributed by atoms with Crippen LogP contribution in [0.15, 0.2) is 30.9 Å². The number of rotatable bonds is 11. The van der Waals surface area contributed by atoms with Gasteiger partial charge in [0, 0.05) is 17.1 Å². The van der Waals surface area contributed by atoms with E-state index >= 15 is 0 Å². The van der Waals surface area contributed by atoms with Gasteiger partial charge in [0.15, 0.2) is 0 Å². The molecule has 0 saturated carbocycles. The maximum atomic E-state index is 6.06. The van der Waals surface area contributed by atoms with Gasteiger partial charge in [0.2, 0.25) is 0 Å². The average Bonchev–Trinajstić information content (AvgIpc) is 2.45. The normalized spacial score (nSPS) is 10.5. The van der Waals surface area contributed by atoms with Crippen molar-refractivity contribution >= 4 is 11.6 Å². The standard InChI is InChI=1S/C17H26ClNO/c1-3-5-6-7-8-12-20-17-10-9-16(18)13-15(17)14-19-11-4-2/h3,9-10,13,19H,1,4-8,11-12,14H2,2H3. The molecule has 0 atom stereocenters. The summed E-state index contributed by atoms with van der Waals surface area (Å²) in [7, 11) is 0. The SMILES string of the molecule is C=CCCCCCOc1ccc(Cl)cc1CNCCC. The van der Waals surface area contributed by atoms with E-state index in [0.29, 0.717) is 0 Å². The van der Waals surface area contributed by atoms with E-state index in [1.807, 2.05) is 24.3 Å². The minimum atomic E-state index is 0.761. The molecule has 1 rings (SSSR count). The molecule has 0 amide bonds. The molecule has 1 N–H and O–H groups in total. The van der Waals surface area contributed by atoms with Crippen LogP contribution in [0.3, 0.4) is 0 Å². The third kappa shape index (κ3) is 6.97. The predicted octanol–water partition coefficient (Wildman–Crippen LogP) is 4.96. The maximum Gasteiger partial charge on any atom is 0.123 e. The van der Waals surface area contributed by atoms with Crippen LogP contribution in [0.1, 0.15) is 44.6 Å². The second-order valence-corrected chi connectivity index (χ2v) is 5.35. The second-order valence-electron chi connectivity index (χ2n) is 4.92. The summed E-state index contributed by atoms with van der Waals surface area (Å²) in [5.41, 5.74) is 1.14. The molecule has 0 heterocycles. The van der Waals surface area contributed by atoms with Gasteiger partial charge in [0.1, 0.15) is 5.75 Å². The highest BCUT2D eigenvalue weighted by Crippen LogP contribution is 2.23. The fraction of sp³-hybridized carbons (Fsp3) is 0.529. The fourth-order valence-corrected chi connectivity index (χ4v) is 2.17. The molecule has 0 unspecified atom stereocenters. The van der Waals surface area contributed by atoms with Crippen molar-refractivity contribution in [3.8, 4) is 5.75 Å². The van der Waals surface area contributed by atoms with Crippen LogP contribution in [0.5, 0.6) is 5.75 Å². The zero-order chi connectivity index (χ0) is 14.6. The van der Waals surface area contributed by atoms with E-state index in [1.54, 1.807) is 0 Å². The first-order valence-electron chi connectivity index (χ1n) is 7.50. The first kappa shape index (κ1) is 17.1. The summed E-state index contributed by atoms with van der Waals surface area (Å²) >= 11 is 6.06. The average molecular weight is 296 g/mol. The number of ether oxygens (including phenoxy) is 1. The summed E-state index contributed by atoms with van der Waals surface area (Å²) in [6.07, 6.45) is 7.64. The zero-order valence-electron chi connectivity index (χ0n) is 12.5. The lowest BCUT2D eigenvalue weighted by Crippen LogP contribution is -2.14. The molecule has 0 aliphatic heterocycles. The number of nitrogens with one attached hydrogen (secondary N) is 1. The van der Waals surface area contributed by atoms with E-state index in [1.165, 1.54) is 12.8 Å². The monoisotopic (exact) mass is 295 g/mol. The Morgan fingerprint density at radius 1 is 1.30 bits per heavy atom. The highest BCUT2D eigenvalue weighted by atomic mass is 35.5. The second kappa shape index (κ2) is 10.8. The Kier molecular flexibility index (Phi) is 9.18. The number of hydrogen-bond donors (Lipinski definition) is 1. The van der Waals surface area contributed by atoms with Crippen molar-refractivity contribution in [1.29, 1.82) is 0 Å². The van der Waals surface area contributed by atoms with Gasteiger partial charge >= 0.3 is 0 Å². The van der Waals surface area contributed by atoms with Crippen molar-refractivity contribution in [2.24, 2.45) is 0 Å². The fourth-order valence-electron chi connectivity index (χ4n) is 1.98. The molecular formula is C17H26ClNO. The van der Waals surface area contributed by atoms with Crippen LogP contribution in [0.4, 0.5) is 0 Å². The number of unbranched alkanes of at least 4 members (excludes halogenated alkanes) is 3. The molecule has 0 saturated heterocycles. The van der Waals surface area contributed by atoms with Gasteiger partial charge in [-0.25, -0.2) is 0 Å². The molecule has 20 heavy (non-hydrogen) atoms. The smallest absolute Gasteiger partial charge is 0.123 e. The van der Waals surface area contributed by atoms with Crippen LogP contribution in [-0.2, 0) is 6.54 Å². The van der Waals surface area contributed by atoms with Gasteiger partial charge in [0.05, 0.1) is 6.61 Å². The Bertz CT molecular complexity index is 393. The summed E-state index contributed by atoms with van der Waals surface area (Å²) in [6, 6.07) is 5.84. The first-order chi connectivity index (χ1) is 9.77. The molecule has 0 aliphatic rings. The number of halogens is 1. The molecular weight excluding hydrogens is 270 g/mol. The molecule has 2 nitrogen and oxygen atoms in total. The van der Waals surface area contributed by atoms with Crippen molar-refractivity contribution in [2.75, 3.05) is 13.2 Å². The van der Waals surface area contributed by atoms with Crippen molar-refractivity contribution in [2.45, 2.75) is 45.6 Å². The summed E-state index contributed by atoms with van der Waals surface area (Å²) in [6.45, 7) is 8.47. The first-order valence-corrected chi connectivity index (χ1v) is 7.88. The van der Waals surface area contributed by atoms with E-state index in [2.05, 4.69) is 18.8 Å². The van der Waals surface area contributed by atoms with Crippen LogP contribution in [0.25, 0.3) is 0 Å². The minimum Gasteiger partial charge on any atom is -0.493 e. The van der Waals surface area contributed by atoms with Crippen LogP contribution in [0, 0.1) is 0 Å². The van der Waals surface area contributed by atoms with Gasteiger partial charge in [-0.1, -0.05) is 24.6 Å². The van der Waals surface area contributed by atoms with Crippen molar-refractivity contribution in [1.82, 2.24) is 5.32 Å². The highest BCUT2D eigenvalue weighted by Gasteiger charge is 2.04. The Balaban J connectivity index is 2.40. The van der Waals surface area contributed by atoms with E-state index in [0.717, 1.165) is 55.3 Å². The van der Waals surface area contributed by atoms with Crippen LogP contribution >= 0.6 is 11.6 Å². The number of benzene rings is 1. The summed E-state index contributed by atoms with van der Waals surface area (Å²) in [5.74, 6) is 0.946. The predicted molar refractivity (Wildman–Crippen MR) is 87.6 cm³/mol. The van der Waals surface area contributed by atoms with E-state index in [-0.39, 0.29) is 0 Å². The zero-order valence-corrected chi connectivity index (χ0v) is 13.2. The van der Waals surface area contributed by atoms with Crippen LogP contribution < -0.4 is 10.1 Å². The Labute approximate surface area is 128 Å². The quantitative estimate of drug-likeness (QED) is 0.460. The van der Waals surface area contributed by atoms with Gasteiger partial charge in [0.25, 0.3) is 0 Å². The van der Waals surface area contributed by atoms with Crippen molar-refractivity contribution in [3.05, 3.63) is 41.4 Å².